The minimum absolute atomic E-state index is 0.0226. The van der Waals surface area contributed by atoms with Crippen LogP contribution in [0.5, 0.6) is 0 Å². The first kappa shape index (κ1) is 20.5. The van der Waals surface area contributed by atoms with E-state index in [9.17, 15) is 9.59 Å². The van der Waals surface area contributed by atoms with Gasteiger partial charge in [0, 0.05) is 43.6 Å². The molecule has 0 unspecified atom stereocenters. The molecule has 8 heteroatoms. The van der Waals surface area contributed by atoms with Crippen LogP contribution < -0.4 is 10.9 Å². The molecule has 29 heavy (non-hydrogen) atoms. The number of methoxy groups -OCH3 is 1. The maximum atomic E-state index is 13.1. The van der Waals surface area contributed by atoms with Crippen molar-refractivity contribution < 1.29 is 9.53 Å². The second-order valence-electron chi connectivity index (χ2n) is 6.65. The third kappa shape index (κ3) is 4.43. The predicted molar refractivity (Wildman–Crippen MR) is 111 cm³/mol. The Hall–Kier alpha value is -3.26. The Kier molecular flexibility index (Phi) is 6.56. The number of nitrogens with one attached hydrogen (secondary N) is 1. The molecule has 0 aliphatic heterocycles. The van der Waals surface area contributed by atoms with E-state index in [1.165, 1.54) is 4.52 Å². The molecule has 0 atom stereocenters. The van der Waals surface area contributed by atoms with Crippen LogP contribution in [0.15, 0.2) is 47.8 Å². The summed E-state index contributed by atoms with van der Waals surface area (Å²) in [6, 6.07) is 9.46. The topological polar surface area (TPSA) is 90.5 Å². The molecule has 0 fully saturated rings. The Labute approximate surface area is 168 Å². The first-order valence-corrected chi connectivity index (χ1v) is 9.47. The highest BCUT2D eigenvalue weighted by Gasteiger charge is 2.19. The van der Waals surface area contributed by atoms with Crippen molar-refractivity contribution in [2.75, 3.05) is 20.3 Å². The summed E-state index contributed by atoms with van der Waals surface area (Å²) >= 11 is 0. The number of carbonyl (C=O) groups excluding carboxylic acids is 1. The summed E-state index contributed by atoms with van der Waals surface area (Å²) in [5.41, 5.74) is 1.56. The second kappa shape index (κ2) is 9.29. The van der Waals surface area contributed by atoms with E-state index >= 15 is 0 Å². The summed E-state index contributed by atoms with van der Waals surface area (Å²) in [6.45, 7) is 7.12. The third-order valence-electron chi connectivity index (χ3n) is 4.65. The third-order valence-corrected chi connectivity index (χ3v) is 4.65. The first-order valence-electron chi connectivity index (χ1n) is 9.47. The molecule has 3 rings (SSSR count). The number of carbonyl (C=O) groups is 1. The largest absolute Gasteiger partial charge is 0.385 e. The van der Waals surface area contributed by atoms with E-state index in [2.05, 4.69) is 22.0 Å². The molecule has 3 aromatic rings. The van der Waals surface area contributed by atoms with Gasteiger partial charge < -0.3 is 14.6 Å². The quantitative estimate of drug-likeness (QED) is 0.440. The standard InChI is InChI=1S/C21H25N5O3/c1-4-12-25-15(2)17(14-18(27)22-11-8-13-29-3)20(28)26-21(25)23-19(24-26)16-9-6-5-7-10-16/h4-7,9-10H,1,8,11-14H2,2-3H3,(H,22,27). The molecule has 2 heterocycles. The van der Waals surface area contributed by atoms with Crippen molar-refractivity contribution in [3.8, 4) is 11.4 Å². The van der Waals surface area contributed by atoms with Gasteiger partial charge in [-0.3, -0.25) is 9.59 Å². The lowest BCUT2D eigenvalue weighted by Gasteiger charge is -2.14. The van der Waals surface area contributed by atoms with Gasteiger partial charge in [0.25, 0.3) is 5.56 Å². The van der Waals surface area contributed by atoms with Gasteiger partial charge in [0.05, 0.1) is 6.42 Å². The molecule has 1 aromatic carbocycles. The van der Waals surface area contributed by atoms with Gasteiger partial charge in [-0.15, -0.1) is 11.7 Å². The minimum Gasteiger partial charge on any atom is -0.385 e. The van der Waals surface area contributed by atoms with Crippen LogP contribution in [0.2, 0.25) is 0 Å². The molecule has 0 spiro atoms. The van der Waals surface area contributed by atoms with Crippen molar-refractivity contribution in [2.24, 2.45) is 0 Å². The lowest BCUT2D eigenvalue weighted by Crippen LogP contribution is -2.32. The number of allylic oxidation sites excluding steroid dienone is 1. The van der Waals surface area contributed by atoms with Crippen molar-refractivity contribution in [3.05, 3.63) is 64.6 Å². The molecule has 2 aromatic heterocycles. The molecule has 0 bridgehead atoms. The molecule has 0 radical (unpaired) electrons. The van der Waals surface area contributed by atoms with Crippen molar-refractivity contribution in [2.45, 2.75) is 26.3 Å². The summed E-state index contributed by atoms with van der Waals surface area (Å²) in [7, 11) is 1.62. The van der Waals surface area contributed by atoms with Gasteiger partial charge in [-0.2, -0.15) is 9.50 Å². The van der Waals surface area contributed by atoms with Crippen LogP contribution in [0, 0.1) is 6.92 Å². The minimum atomic E-state index is -0.334. The van der Waals surface area contributed by atoms with Crippen LogP contribution in [-0.2, 0) is 22.5 Å². The van der Waals surface area contributed by atoms with Crippen molar-refractivity contribution in [1.82, 2.24) is 24.5 Å². The van der Waals surface area contributed by atoms with Crippen LogP contribution >= 0.6 is 0 Å². The van der Waals surface area contributed by atoms with E-state index < -0.39 is 0 Å². The van der Waals surface area contributed by atoms with Crippen LogP contribution in [0.1, 0.15) is 17.7 Å². The molecule has 1 N–H and O–H groups in total. The predicted octanol–water partition coefficient (Wildman–Crippen LogP) is 1.75. The summed E-state index contributed by atoms with van der Waals surface area (Å²) in [5.74, 6) is 0.672. The molecular formula is C21H25N5O3. The average Bonchev–Trinajstić information content (AvgIpc) is 3.18. The number of hydrogen-bond acceptors (Lipinski definition) is 5. The highest BCUT2D eigenvalue weighted by molar-refractivity contribution is 5.78. The van der Waals surface area contributed by atoms with Gasteiger partial charge in [-0.25, -0.2) is 0 Å². The number of fused-ring (bicyclic) bond motifs is 1. The summed E-state index contributed by atoms with van der Waals surface area (Å²) in [6.07, 6.45) is 2.42. The number of amides is 1. The smallest absolute Gasteiger partial charge is 0.279 e. The normalized spacial score (nSPS) is 11.0. The zero-order valence-electron chi connectivity index (χ0n) is 16.7. The van der Waals surface area contributed by atoms with E-state index in [0.717, 1.165) is 5.56 Å². The number of nitrogens with zero attached hydrogens (tertiary/aromatic N) is 4. The maximum Gasteiger partial charge on any atom is 0.279 e. The first-order chi connectivity index (χ1) is 14.1. The van der Waals surface area contributed by atoms with Gasteiger partial charge >= 0.3 is 0 Å². The van der Waals surface area contributed by atoms with Gasteiger partial charge in [0.2, 0.25) is 11.7 Å². The van der Waals surface area contributed by atoms with Crippen LogP contribution in [-0.4, -0.2) is 45.3 Å². The van der Waals surface area contributed by atoms with Crippen LogP contribution in [0.25, 0.3) is 17.2 Å². The fourth-order valence-electron chi connectivity index (χ4n) is 3.14. The molecule has 0 saturated carbocycles. The van der Waals surface area contributed by atoms with E-state index in [0.29, 0.717) is 49.0 Å². The molecule has 0 saturated heterocycles. The van der Waals surface area contributed by atoms with E-state index in [1.54, 1.807) is 13.2 Å². The number of rotatable bonds is 9. The second-order valence-corrected chi connectivity index (χ2v) is 6.65. The van der Waals surface area contributed by atoms with Gasteiger partial charge in [-0.05, 0) is 13.3 Å². The van der Waals surface area contributed by atoms with Crippen LogP contribution in [0.3, 0.4) is 0 Å². The molecule has 0 aliphatic rings. The fraction of sp³-hybridized carbons (Fsp3) is 0.333. The molecule has 8 nitrogen and oxygen atoms in total. The van der Waals surface area contributed by atoms with Crippen molar-refractivity contribution in [3.63, 3.8) is 0 Å². The Morgan fingerprint density at radius 1 is 1.31 bits per heavy atom. The zero-order chi connectivity index (χ0) is 20.8. The van der Waals surface area contributed by atoms with E-state index in [1.807, 2.05) is 41.8 Å². The lowest BCUT2D eigenvalue weighted by molar-refractivity contribution is -0.120. The highest BCUT2D eigenvalue weighted by atomic mass is 16.5. The zero-order valence-corrected chi connectivity index (χ0v) is 16.7. The number of ether oxygens (including phenoxy) is 1. The van der Waals surface area contributed by atoms with Crippen LogP contribution in [0.4, 0.5) is 0 Å². The Morgan fingerprint density at radius 2 is 2.07 bits per heavy atom. The number of benzene rings is 1. The summed E-state index contributed by atoms with van der Waals surface area (Å²) < 4.78 is 8.10. The molecule has 0 aliphatic carbocycles. The summed E-state index contributed by atoms with van der Waals surface area (Å²) in [5, 5.41) is 7.23. The number of hydrogen-bond donors (Lipinski definition) is 1. The van der Waals surface area contributed by atoms with E-state index in [-0.39, 0.29) is 17.9 Å². The summed E-state index contributed by atoms with van der Waals surface area (Å²) in [4.78, 5) is 30.0. The van der Waals surface area contributed by atoms with Gasteiger partial charge in [0.1, 0.15) is 0 Å². The van der Waals surface area contributed by atoms with Gasteiger partial charge in [0.15, 0.2) is 5.82 Å². The van der Waals surface area contributed by atoms with E-state index in [4.69, 9.17) is 4.74 Å². The Morgan fingerprint density at radius 3 is 2.76 bits per heavy atom. The van der Waals surface area contributed by atoms with Crippen molar-refractivity contribution >= 4 is 11.7 Å². The molecule has 152 valence electrons. The SMILES string of the molecule is C=CCn1c(C)c(CC(=O)NCCCOC)c(=O)n2nc(-c3ccccc3)nc12. The lowest BCUT2D eigenvalue weighted by atomic mass is 10.1. The average molecular weight is 395 g/mol. The molecular weight excluding hydrogens is 370 g/mol. The maximum absolute atomic E-state index is 13.1. The van der Waals surface area contributed by atoms with Gasteiger partial charge in [-0.1, -0.05) is 36.4 Å². The molecule has 1 amide bonds. The van der Waals surface area contributed by atoms with Crippen molar-refractivity contribution in [1.29, 1.82) is 0 Å². The number of aromatic nitrogens is 4. The monoisotopic (exact) mass is 395 g/mol. The Bertz CT molecular complexity index is 1070. The highest BCUT2D eigenvalue weighted by Crippen LogP contribution is 2.17. The Balaban J connectivity index is 2.01. The fourth-order valence-corrected chi connectivity index (χ4v) is 3.14.